The Balaban J connectivity index is -0.000000233. The molecule has 0 aliphatic carbocycles. The molecule has 0 aromatic heterocycles. The third-order valence-electron chi connectivity index (χ3n) is 9.11. The molecule has 9 atom stereocenters. The predicted octanol–water partition coefficient (Wildman–Crippen LogP) is 10.3. The van der Waals surface area contributed by atoms with Crippen molar-refractivity contribution in [3.8, 4) is 12.3 Å². The van der Waals surface area contributed by atoms with Crippen molar-refractivity contribution >= 4 is 17.9 Å². The molecule has 8 nitrogen and oxygen atoms in total. The minimum absolute atomic E-state index is 0.00454. The molecule has 0 aliphatic rings. The zero-order valence-corrected chi connectivity index (χ0v) is 36.4. The third-order valence-corrected chi connectivity index (χ3v) is 9.11. The van der Waals surface area contributed by atoms with Crippen LogP contribution in [-0.2, 0) is 23.9 Å². The number of aldehydes is 1. The summed E-state index contributed by atoms with van der Waals surface area (Å²) in [5, 5.41) is 20.7. The van der Waals surface area contributed by atoms with Crippen molar-refractivity contribution in [2.24, 2.45) is 35.5 Å². The SMILES string of the molecule is C#CCCN(O)C(CC(C)O)CC(C)CCC.CC.CC.CCCCC.COC[C@H](C)C(C)C(C)C(=O)[C@H](C)CC(CCC(=O)C(C)C=O)OC. The number of unbranched alkanes of at least 4 members (excludes halogenated alkanes) is 2. The van der Waals surface area contributed by atoms with Gasteiger partial charge in [-0.2, -0.15) is 5.06 Å². The van der Waals surface area contributed by atoms with Gasteiger partial charge in [0.15, 0.2) is 0 Å². The number of hydroxylamine groups is 2. The van der Waals surface area contributed by atoms with Crippen LogP contribution in [0.3, 0.4) is 0 Å². The first-order valence-electron chi connectivity index (χ1n) is 20.2. The quantitative estimate of drug-likeness (QED) is 0.0413. The smallest absolute Gasteiger partial charge is 0.142 e. The minimum atomic E-state index is -0.570. The van der Waals surface area contributed by atoms with Gasteiger partial charge in [0.25, 0.3) is 0 Å². The summed E-state index contributed by atoms with van der Waals surface area (Å²) in [7, 11) is 3.27. The number of nitrogens with zero attached hydrogens (tertiary/aromatic N) is 1. The Bertz CT molecular complexity index is 811. The maximum atomic E-state index is 12.7. The number of rotatable bonds is 25. The van der Waals surface area contributed by atoms with E-state index in [4.69, 9.17) is 15.9 Å². The topological polar surface area (TPSA) is 113 Å². The fourth-order valence-electron chi connectivity index (χ4n) is 5.59. The van der Waals surface area contributed by atoms with E-state index in [0.717, 1.165) is 19.3 Å². The lowest BCUT2D eigenvalue weighted by atomic mass is 9.78. The Hall–Kier alpha value is -1.63. The molecule has 0 saturated carbocycles. The Kier molecular flexibility index (Phi) is 47.3. The molecule has 0 aromatic rings. The van der Waals surface area contributed by atoms with Crippen molar-refractivity contribution in [1.82, 2.24) is 5.06 Å². The van der Waals surface area contributed by atoms with Gasteiger partial charge in [-0.25, -0.2) is 0 Å². The van der Waals surface area contributed by atoms with Gasteiger partial charge in [0.2, 0.25) is 0 Å². The highest BCUT2D eigenvalue weighted by Crippen LogP contribution is 2.27. The molecule has 0 spiro atoms. The maximum absolute atomic E-state index is 12.7. The lowest BCUT2D eigenvalue weighted by molar-refractivity contribution is -0.138. The lowest BCUT2D eigenvalue weighted by Gasteiger charge is -2.29. The van der Waals surface area contributed by atoms with Gasteiger partial charge >= 0.3 is 0 Å². The first kappa shape index (κ1) is 58.7. The lowest BCUT2D eigenvalue weighted by Crippen LogP contribution is -2.36. The summed E-state index contributed by atoms with van der Waals surface area (Å²) in [6, 6.07) is 0.00454. The predicted molar refractivity (Wildman–Crippen MR) is 217 cm³/mol. The van der Waals surface area contributed by atoms with Crippen molar-refractivity contribution in [3.05, 3.63) is 0 Å². The number of aliphatic hydroxyl groups excluding tert-OH is 1. The number of ketones is 2. The number of methoxy groups -OCH3 is 2. The second kappa shape index (κ2) is 41.1. The van der Waals surface area contributed by atoms with E-state index >= 15 is 0 Å². The molecule has 51 heavy (non-hydrogen) atoms. The molecule has 0 aliphatic heterocycles. The fourth-order valence-corrected chi connectivity index (χ4v) is 5.59. The molecule has 306 valence electrons. The second-order valence-corrected chi connectivity index (χ2v) is 13.7. The van der Waals surface area contributed by atoms with Crippen LogP contribution in [0.4, 0.5) is 0 Å². The van der Waals surface area contributed by atoms with E-state index in [2.05, 4.69) is 47.5 Å². The zero-order chi connectivity index (χ0) is 40.9. The molecule has 8 heteroatoms. The highest BCUT2D eigenvalue weighted by atomic mass is 16.5. The van der Waals surface area contributed by atoms with Gasteiger partial charge in [0, 0.05) is 58.1 Å². The summed E-state index contributed by atoms with van der Waals surface area (Å²) in [6.45, 7) is 29.3. The summed E-state index contributed by atoms with van der Waals surface area (Å²) in [5.41, 5.74) is 0. The Morgan fingerprint density at radius 2 is 1.41 bits per heavy atom. The molecular formula is C43H87NO7. The highest BCUT2D eigenvalue weighted by molar-refractivity contribution is 5.92. The standard InChI is InChI=1S/C20H36O5.C14H27NO2.C5H12.2C2H6/c1-13(20(23)17(5)16(4)15(3)12-24-6)10-18(25-7)8-9-19(22)14(2)11-21;1-5-7-9-15(17)14(11-13(4)16)10-12(3)8-6-2;1-3-5-4-2;2*1-2/h11,13-18H,8-10,12H2,1-7H3;1,12-14,16-17H,6-11H2,2-4H3;3-5H2,1-2H3;2*1-2H3/t13-,14?,15+,16?,17?,18?;;;;/m1..../s1. The van der Waals surface area contributed by atoms with Crippen LogP contribution in [0.25, 0.3) is 0 Å². The molecule has 7 unspecified atom stereocenters. The van der Waals surface area contributed by atoms with Gasteiger partial charge in [-0.05, 0) is 57.3 Å². The number of Topliss-reactive ketones (excluding diaryl/α,β-unsaturated/α-hetero) is 2. The summed E-state index contributed by atoms with van der Waals surface area (Å²) in [5.74, 6) is 3.04. The minimum Gasteiger partial charge on any atom is -0.393 e. The Morgan fingerprint density at radius 1 is 0.863 bits per heavy atom. The molecule has 0 aromatic carbocycles. The van der Waals surface area contributed by atoms with Crippen LogP contribution in [0.2, 0.25) is 0 Å². The molecule has 2 N–H and O–H groups in total. The van der Waals surface area contributed by atoms with E-state index in [0.29, 0.717) is 63.4 Å². The summed E-state index contributed by atoms with van der Waals surface area (Å²) in [6.07, 6.45) is 15.2. The average Bonchev–Trinajstić information content (AvgIpc) is 3.12. The normalized spacial score (nSPS) is 15.7. The van der Waals surface area contributed by atoms with Crippen LogP contribution < -0.4 is 0 Å². The van der Waals surface area contributed by atoms with Gasteiger partial charge in [0.05, 0.1) is 18.1 Å². The van der Waals surface area contributed by atoms with E-state index in [1.54, 1.807) is 28.1 Å². The molecule has 0 rings (SSSR count). The number of terminal acetylenes is 1. The number of carbonyl (C=O) groups excluding carboxylic acids is 3. The molecule has 0 saturated heterocycles. The van der Waals surface area contributed by atoms with Crippen molar-refractivity contribution in [3.63, 3.8) is 0 Å². The van der Waals surface area contributed by atoms with E-state index in [-0.39, 0.29) is 41.5 Å². The van der Waals surface area contributed by atoms with Gasteiger partial charge < -0.3 is 24.6 Å². The number of hydrogen-bond acceptors (Lipinski definition) is 8. The van der Waals surface area contributed by atoms with Gasteiger partial charge in [-0.3, -0.25) is 9.59 Å². The fraction of sp³-hybridized carbons (Fsp3) is 0.884. The van der Waals surface area contributed by atoms with Crippen LogP contribution in [0, 0.1) is 47.9 Å². The number of hydrogen-bond donors (Lipinski definition) is 2. The maximum Gasteiger partial charge on any atom is 0.142 e. The molecular weight excluding hydrogens is 642 g/mol. The van der Waals surface area contributed by atoms with Crippen molar-refractivity contribution in [2.45, 2.75) is 186 Å². The monoisotopic (exact) mass is 730 g/mol. The van der Waals surface area contributed by atoms with Crippen LogP contribution >= 0.6 is 0 Å². The summed E-state index contributed by atoms with van der Waals surface area (Å²) < 4.78 is 10.6. The van der Waals surface area contributed by atoms with Crippen LogP contribution in [0.1, 0.15) is 168 Å². The first-order chi connectivity index (χ1) is 24.1. The van der Waals surface area contributed by atoms with Crippen molar-refractivity contribution < 1.29 is 34.2 Å². The van der Waals surface area contributed by atoms with Gasteiger partial charge in [-0.1, -0.05) is 115 Å². The molecule has 0 bridgehead atoms. The molecule has 0 amide bonds. The summed E-state index contributed by atoms with van der Waals surface area (Å²) in [4.78, 5) is 35.2. The second-order valence-electron chi connectivity index (χ2n) is 13.7. The number of carbonyl (C=O) groups is 3. The third kappa shape index (κ3) is 33.9. The number of ether oxygens (including phenoxy) is 2. The van der Waals surface area contributed by atoms with E-state index in [1.165, 1.54) is 24.3 Å². The van der Waals surface area contributed by atoms with Crippen molar-refractivity contribution in [1.29, 1.82) is 0 Å². The molecule has 0 fully saturated rings. The summed E-state index contributed by atoms with van der Waals surface area (Å²) >= 11 is 0. The van der Waals surface area contributed by atoms with Crippen LogP contribution in [0.15, 0.2) is 0 Å². The largest absolute Gasteiger partial charge is 0.393 e. The average molecular weight is 730 g/mol. The van der Waals surface area contributed by atoms with Gasteiger partial charge in [-0.15, -0.1) is 12.3 Å². The molecule has 0 radical (unpaired) electrons. The van der Waals surface area contributed by atoms with Crippen LogP contribution in [0.5, 0.6) is 0 Å². The van der Waals surface area contributed by atoms with E-state index in [1.807, 2.05) is 41.5 Å². The van der Waals surface area contributed by atoms with Crippen LogP contribution in [-0.4, -0.2) is 78.9 Å². The first-order valence-corrected chi connectivity index (χ1v) is 20.2. The zero-order valence-electron chi connectivity index (χ0n) is 36.4. The Labute approximate surface area is 317 Å². The van der Waals surface area contributed by atoms with Crippen molar-refractivity contribution in [2.75, 3.05) is 27.4 Å². The van der Waals surface area contributed by atoms with E-state index < -0.39 is 12.0 Å². The number of aliphatic hydroxyl groups is 1. The van der Waals surface area contributed by atoms with E-state index in [9.17, 15) is 24.7 Å². The molecule has 0 heterocycles. The Morgan fingerprint density at radius 3 is 1.80 bits per heavy atom. The highest BCUT2D eigenvalue weighted by Gasteiger charge is 2.30. The van der Waals surface area contributed by atoms with Gasteiger partial charge in [0.1, 0.15) is 17.9 Å².